The summed E-state index contributed by atoms with van der Waals surface area (Å²) < 4.78 is 52.0. The SMILES string of the molecule is C[C@H](NC(=O)O[C@@H]1CC2C(=O)N[C@]3(C(=O)NS(=O)(=O)C4CC4)C[C@H]3/C=C\CCCCC[C@H](NC(=O)OC(C)(C)C)C(=O)N2C1)c1ccc(F)cn1. The molecule has 280 valence electrons. The van der Waals surface area contributed by atoms with E-state index in [9.17, 15) is 36.8 Å². The van der Waals surface area contributed by atoms with Crippen molar-refractivity contribution in [3.63, 3.8) is 0 Å². The predicted octanol–water partition coefficient (Wildman–Crippen LogP) is 2.87. The number of alkyl carbamates (subject to hydrolysis) is 2. The average molecular weight is 735 g/mol. The number of allylic oxidation sites excluding steroid dienone is 1. The van der Waals surface area contributed by atoms with Crippen molar-refractivity contribution in [1.29, 1.82) is 0 Å². The Morgan fingerprint density at radius 3 is 2.51 bits per heavy atom. The standard InChI is InChI=1S/C34H47FN6O9S/c1-20(25-15-12-22(35)18-36-25)37-31(45)49-23-16-27-28(42)39-34(30(44)40-51(47,48)24-13-14-24)17-21(34)10-8-6-5-7-9-11-26(29(43)41(27)19-23)38-32(46)50-33(2,3)4/h8,10,12,15,18,20-21,23-24,26-27H,5-7,9,11,13-14,16-17,19H2,1-4H3,(H,37,45)(H,38,46)(H,39,42)(H,40,44)/b10-8-/t20-,21+,23+,26-,27?,34+/m0/s1. The number of aromatic nitrogens is 1. The van der Waals surface area contributed by atoms with E-state index < -0.39 is 92.3 Å². The van der Waals surface area contributed by atoms with Gasteiger partial charge in [0.25, 0.3) is 5.91 Å². The Hall–Kier alpha value is -4.28. The third kappa shape index (κ3) is 9.74. The van der Waals surface area contributed by atoms with Gasteiger partial charge in [0.05, 0.1) is 29.7 Å². The first-order chi connectivity index (χ1) is 24.0. The third-order valence-corrected chi connectivity index (χ3v) is 11.2. The Balaban J connectivity index is 1.39. The molecule has 0 aromatic carbocycles. The summed E-state index contributed by atoms with van der Waals surface area (Å²) in [7, 11) is -3.92. The van der Waals surface area contributed by atoms with Crippen LogP contribution in [0.2, 0.25) is 0 Å². The van der Waals surface area contributed by atoms with Crippen LogP contribution in [0.25, 0.3) is 0 Å². The monoisotopic (exact) mass is 734 g/mol. The van der Waals surface area contributed by atoms with E-state index in [0.29, 0.717) is 37.8 Å². The highest BCUT2D eigenvalue weighted by atomic mass is 32.2. The summed E-state index contributed by atoms with van der Waals surface area (Å²) in [6.07, 6.45) is 5.89. The third-order valence-electron chi connectivity index (χ3n) is 9.34. The zero-order valence-corrected chi connectivity index (χ0v) is 30.1. The van der Waals surface area contributed by atoms with E-state index in [4.69, 9.17) is 9.47 Å². The van der Waals surface area contributed by atoms with Gasteiger partial charge in [-0.15, -0.1) is 0 Å². The van der Waals surface area contributed by atoms with Crippen molar-refractivity contribution in [3.05, 3.63) is 42.0 Å². The number of nitrogens with zero attached hydrogens (tertiary/aromatic N) is 2. The largest absolute Gasteiger partial charge is 0.444 e. The van der Waals surface area contributed by atoms with Crippen LogP contribution >= 0.6 is 0 Å². The molecule has 4 N–H and O–H groups in total. The topological polar surface area (TPSA) is 202 Å². The molecule has 1 unspecified atom stereocenters. The smallest absolute Gasteiger partial charge is 0.408 e. The number of carbonyl (C=O) groups excluding carboxylic acids is 5. The van der Waals surface area contributed by atoms with E-state index in [1.807, 2.05) is 6.08 Å². The zero-order valence-electron chi connectivity index (χ0n) is 29.3. The van der Waals surface area contributed by atoms with Crippen LogP contribution in [0.15, 0.2) is 30.5 Å². The summed E-state index contributed by atoms with van der Waals surface area (Å²) in [6, 6.07) is -0.371. The molecular formula is C34H47FN6O9S. The fraction of sp³-hybridized carbons (Fsp3) is 0.647. The van der Waals surface area contributed by atoms with Gasteiger partial charge in [-0.1, -0.05) is 25.0 Å². The van der Waals surface area contributed by atoms with Crippen LogP contribution in [-0.4, -0.2) is 89.3 Å². The molecule has 0 spiro atoms. The van der Waals surface area contributed by atoms with Gasteiger partial charge in [0, 0.05) is 12.3 Å². The number of carbonyl (C=O) groups is 5. The molecule has 3 fully saturated rings. The van der Waals surface area contributed by atoms with Crippen LogP contribution < -0.4 is 20.7 Å². The fourth-order valence-corrected chi connectivity index (χ4v) is 7.74. The Morgan fingerprint density at radius 1 is 1.10 bits per heavy atom. The first-order valence-corrected chi connectivity index (χ1v) is 19.0. The minimum absolute atomic E-state index is 0.147. The van der Waals surface area contributed by atoms with Gasteiger partial charge in [-0.3, -0.25) is 24.1 Å². The van der Waals surface area contributed by atoms with Crippen molar-refractivity contribution in [2.24, 2.45) is 5.92 Å². The molecule has 15 nitrogen and oxygen atoms in total. The second-order valence-electron chi connectivity index (χ2n) is 14.7. The van der Waals surface area contributed by atoms with Gasteiger partial charge < -0.3 is 30.3 Å². The maximum Gasteiger partial charge on any atom is 0.408 e. The van der Waals surface area contributed by atoms with Gasteiger partial charge in [0.2, 0.25) is 21.8 Å². The number of ether oxygens (including phenoxy) is 2. The molecule has 0 radical (unpaired) electrons. The van der Waals surface area contributed by atoms with Crippen molar-refractivity contribution in [1.82, 2.24) is 30.6 Å². The lowest BCUT2D eigenvalue weighted by Gasteiger charge is -2.30. The van der Waals surface area contributed by atoms with Gasteiger partial charge in [-0.05, 0) is 78.4 Å². The molecule has 1 saturated heterocycles. The van der Waals surface area contributed by atoms with Crippen LogP contribution in [0.5, 0.6) is 0 Å². The summed E-state index contributed by atoms with van der Waals surface area (Å²) in [6.45, 7) is 6.47. The van der Waals surface area contributed by atoms with Crippen LogP contribution in [-0.2, 0) is 33.9 Å². The lowest BCUT2D eigenvalue weighted by atomic mass is 10.0. The van der Waals surface area contributed by atoms with Gasteiger partial charge in [-0.2, -0.15) is 0 Å². The Labute approximate surface area is 296 Å². The molecule has 1 aromatic rings. The maximum atomic E-state index is 14.2. The van der Waals surface area contributed by atoms with E-state index in [1.165, 1.54) is 17.0 Å². The van der Waals surface area contributed by atoms with Crippen molar-refractivity contribution >= 4 is 39.9 Å². The first-order valence-electron chi connectivity index (χ1n) is 17.4. The highest BCUT2D eigenvalue weighted by Gasteiger charge is 2.62. The lowest BCUT2D eigenvalue weighted by molar-refractivity contribution is -0.141. The minimum atomic E-state index is -3.92. The minimum Gasteiger partial charge on any atom is -0.444 e. The second kappa shape index (κ2) is 15.1. The second-order valence-corrected chi connectivity index (χ2v) is 16.7. The van der Waals surface area contributed by atoms with E-state index in [2.05, 4.69) is 25.7 Å². The number of hydrogen-bond acceptors (Lipinski definition) is 10. The quantitative estimate of drug-likeness (QED) is 0.302. The number of nitrogens with one attached hydrogen (secondary N) is 4. The Bertz CT molecular complexity index is 1650. The molecule has 5 amide bonds. The van der Waals surface area contributed by atoms with E-state index >= 15 is 0 Å². The van der Waals surface area contributed by atoms with Gasteiger partial charge in [0.15, 0.2) is 0 Å². The summed E-state index contributed by atoms with van der Waals surface area (Å²) in [5.41, 5.74) is -2.03. The highest BCUT2D eigenvalue weighted by Crippen LogP contribution is 2.46. The summed E-state index contributed by atoms with van der Waals surface area (Å²) in [5.74, 6) is -3.21. The number of fused-ring (bicyclic) bond motifs is 2. The van der Waals surface area contributed by atoms with E-state index in [-0.39, 0.29) is 25.8 Å². The van der Waals surface area contributed by atoms with Crippen molar-refractivity contribution in [3.8, 4) is 0 Å². The number of hydrogen-bond donors (Lipinski definition) is 4. The number of rotatable bonds is 7. The van der Waals surface area contributed by atoms with E-state index in [0.717, 1.165) is 12.6 Å². The summed E-state index contributed by atoms with van der Waals surface area (Å²) >= 11 is 0. The highest BCUT2D eigenvalue weighted by molar-refractivity contribution is 7.91. The molecule has 2 aliphatic heterocycles. The Kier molecular flexibility index (Phi) is 11.3. The number of sulfonamides is 1. The molecule has 51 heavy (non-hydrogen) atoms. The molecule has 6 atom stereocenters. The Morgan fingerprint density at radius 2 is 1.84 bits per heavy atom. The van der Waals surface area contributed by atoms with Crippen LogP contribution in [0.3, 0.4) is 0 Å². The molecule has 5 rings (SSSR count). The first kappa shape index (κ1) is 38.0. The molecule has 1 aromatic heterocycles. The number of pyridine rings is 1. The molecular weight excluding hydrogens is 687 g/mol. The molecule has 0 bridgehead atoms. The fourth-order valence-electron chi connectivity index (χ4n) is 6.38. The summed E-state index contributed by atoms with van der Waals surface area (Å²) in [4.78, 5) is 72.9. The van der Waals surface area contributed by atoms with Gasteiger partial charge >= 0.3 is 12.2 Å². The van der Waals surface area contributed by atoms with Crippen molar-refractivity contribution in [2.75, 3.05) is 6.54 Å². The van der Waals surface area contributed by atoms with Crippen molar-refractivity contribution in [2.45, 2.75) is 126 Å². The van der Waals surface area contributed by atoms with Gasteiger partial charge in [-0.25, -0.2) is 22.4 Å². The molecule has 2 saturated carbocycles. The predicted molar refractivity (Wildman–Crippen MR) is 181 cm³/mol. The normalized spacial score (nSPS) is 28.4. The van der Waals surface area contributed by atoms with Crippen molar-refractivity contribution < 1.29 is 46.3 Å². The number of halogens is 1. The summed E-state index contributed by atoms with van der Waals surface area (Å²) in [5, 5.41) is 7.37. The lowest BCUT2D eigenvalue weighted by Crippen LogP contribution is -2.58. The number of amides is 5. The average Bonchev–Trinajstić information content (AvgIpc) is 3.96. The molecule has 3 heterocycles. The molecule has 17 heteroatoms. The maximum absolute atomic E-state index is 14.2. The van der Waals surface area contributed by atoms with Crippen LogP contribution in [0.1, 0.15) is 97.2 Å². The zero-order chi connectivity index (χ0) is 37.1. The van der Waals surface area contributed by atoms with Gasteiger partial charge in [0.1, 0.15) is 35.1 Å². The van der Waals surface area contributed by atoms with Crippen LogP contribution in [0.4, 0.5) is 14.0 Å². The molecule has 4 aliphatic rings. The van der Waals surface area contributed by atoms with Crippen LogP contribution in [0, 0.1) is 11.7 Å². The van der Waals surface area contributed by atoms with E-state index in [1.54, 1.807) is 33.8 Å². The molecule has 2 aliphatic carbocycles.